The Hall–Kier alpha value is -1.55. The molecule has 0 saturated carbocycles. The average molecular weight is 233 g/mol. The summed E-state index contributed by atoms with van der Waals surface area (Å²) in [6.07, 6.45) is 0. The Morgan fingerprint density at radius 2 is 2.25 bits per heavy atom. The van der Waals surface area contributed by atoms with E-state index >= 15 is 0 Å². The summed E-state index contributed by atoms with van der Waals surface area (Å²) < 4.78 is 0. The summed E-state index contributed by atoms with van der Waals surface area (Å²) in [5.41, 5.74) is 3.31. The van der Waals surface area contributed by atoms with E-state index in [-0.39, 0.29) is 0 Å². The third kappa shape index (κ3) is 2.17. The van der Waals surface area contributed by atoms with Crippen molar-refractivity contribution in [1.82, 2.24) is 10.3 Å². The number of fused-ring (bicyclic) bond motifs is 1. The average Bonchev–Trinajstić information content (AvgIpc) is 2.60. The molecule has 1 aromatic carbocycles. The van der Waals surface area contributed by atoms with Crippen LogP contribution in [0.4, 0.5) is 5.69 Å². The third-order valence-corrected chi connectivity index (χ3v) is 2.63. The lowest BCUT2D eigenvalue weighted by Crippen LogP contribution is -2.27. The van der Waals surface area contributed by atoms with Crippen LogP contribution in [0.5, 0.6) is 0 Å². The lowest BCUT2D eigenvalue weighted by Gasteiger charge is -2.09. The molecule has 1 aromatic heterocycles. The van der Waals surface area contributed by atoms with Crippen molar-refractivity contribution in [2.24, 2.45) is 0 Å². The van der Waals surface area contributed by atoms with Crippen molar-refractivity contribution >= 4 is 33.9 Å². The maximum Gasteiger partial charge on any atom is 0.170 e. The van der Waals surface area contributed by atoms with E-state index in [1.54, 1.807) is 0 Å². The second-order valence-electron chi connectivity index (χ2n) is 3.70. The number of thiocarbonyl (C=S) groups is 1. The Bertz CT molecular complexity index is 516. The minimum atomic E-state index is 0.661. The summed E-state index contributed by atoms with van der Waals surface area (Å²) in [4.78, 5) is 3.30. The van der Waals surface area contributed by atoms with Gasteiger partial charge in [-0.25, -0.2) is 0 Å². The normalized spacial score (nSPS) is 10.4. The predicted octanol–water partition coefficient (Wildman–Crippen LogP) is 2.78. The van der Waals surface area contributed by atoms with E-state index in [9.17, 15) is 0 Å². The van der Waals surface area contributed by atoms with Crippen molar-refractivity contribution in [3.05, 3.63) is 30.0 Å². The van der Waals surface area contributed by atoms with Crippen LogP contribution < -0.4 is 10.6 Å². The van der Waals surface area contributed by atoms with Crippen LogP contribution in [-0.4, -0.2) is 16.6 Å². The van der Waals surface area contributed by atoms with Gasteiger partial charge in [0.15, 0.2) is 5.11 Å². The molecule has 2 rings (SSSR count). The number of hydrogen-bond donors (Lipinski definition) is 3. The molecule has 84 valence electrons. The van der Waals surface area contributed by atoms with Gasteiger partial charge in [-0.3, -0.25) is 0 Å². The molecule has 0 amide bonds. The number of anilines is 1. The van der Waals surface area contributed by atoms with Crippen LogP contribution in [-0.2, 0) is 0 Å². The molecule has 3 nitrogen and oxygen atoms in total. The predicted molar refractivity (Wildman–Crippen MR) is 72.9 cm³/mol. The van der Waals surface area contributed by atoms with Gasteiger partial charge < -0.3 is 15.6 Å². The summed E-state index contributed by atoms with van der Waals surface area (Å²) in [5, 5.41) is 8.10. The molecule has 2 aromatic rings. The van der Waals surface area contributed by atoms with Gasteiger partial charge in [-0.2, -0.15) is 0 Å². The lowest BCUT2D eigenvalue weighted by molar-refractivity contribution is 0.980. The van der Waals surface area contributed by atoms with Crippen molar-refractivity contribution < 1.29 is 0 Å². The van der Waals surface area contributed by atoms with Crippen LogP contribution in [0.25, 0.3) is 10.9 Å². The Morgan fingerprint density at radius 1 is 1.44 bits per heavy atom. The van der Waals surface area contributed by atoms with Gasteiger partial charge in [-0.15, -0.1) is 0 Å². The fourth-order valence-electron chi connectivity index (χ4n) is 1.73. The first-order chi connectivity index (χ1) is 7.70. The lowest BCUT2D eigenvalue weighted by atomic mass is 10.2. The molecule has 0 aliphatic rings. The van der Waals surface area contributed by atoms with E-state index in [4.69, 9.17) is 12.2 Å². The van der Waals surface area contributed by atoms with Gasteiger partial charge in [0.05, 0.1) is 0 Å². The highest BCUT2D eigenvalue weighted by molar-refractivity contribution is 7.80. The highest BCUT2D eigenvalue weighted by Gasteiger charge is 2.04. The van der Waals surface area contributed by atoms with Crippen molar-refractivity contribution in [3.8, 4) is 0 Å². The highest BCUT2D eigenvalue weighted by Crippen LogP contribution is 2.23. The number of rotatable bonds is 2. The molecule has 4 heteroatoms. The van der Waals surface area contributed by atoms with E-state index in [2.05, 4.69) is 27.8 Å². The second-order valence-corrected chi connectivity index (χ2v) is 4.11. The molecular weight excluding hydrogens is 218 g/mol. The van der Waals surface area contributed by atoms with Crippen LogP contribution >= 0.6 is 12.2 Å². The SMILES string of the molecule is CCNC(=S)Nc1cccc2[nH]c(C)cc12. The first kappa shape index (κ1) is 11.0. The molecule has 3 N–H and O–H groups in total. The molecule has 1 heterocycles. The van der Waals surface area contributed by atoms with Crippen LogP contribution in [0.3, 0.4) is 0 Å². The molecule has 0 fully saturated rings. The zero-order valence-corrected chi connectivity index (χ0v) is 10.2. The molecule has 0 atom stereocenters. The first-order valence-electron chi connectivity index (χ1n) is 5.34. The Kier molecular flexibility index (Phi) is 3.10. The molecule has 0 spiro atoms. The number of aromatic amines is 1. The molecular formula is C12H15N3S. The van der Waals surface area contributed by atoms with Gasteiger partial charge in [-0.1, -0.05) is 6.07 Å². The highest BCUT2D eigenvalue weighted by atomic mass is 32.1. The van der Waals surface area contributed by atoms with Gasteiger partial charge in [0, 0.05) is 28.8 Å². The minimum Gasteiger partial charge on any atom is -0.363 e. The second kappa shape index (κ2) is 4.53. The number of benzene rings is 1. The Morgan fingerprint density at radius 3 is 3.00 bits per heavy atom. The summed E-state index contributed by atoms with van der Waals surface area (Å²) >= 11 is 5.17. The van der Waals surface area contributed by atoms with E-state index in [0.717, 1.165) is 23.4 Å². The number of H-pyrrole nitrogens is 1. The monoisotopic (exact) mass is 233 g/mol. The minimum absolute atomic E-state index is 0.661. The summed E-state index contributed by atoms with van der Waals surface area (Å²) in [5.74, 6) is 0. The first-order valence-corrected chi connectivity index (χ1v) is 5.74. The number of aryl methyl sites for hydroxylation is 1. The quantitative estimate of drug-likeness (QED) is 0.698. The Labute approximate surface area is 100 Å². The topological polar surface area (TPSA) is 39.8 Å². The van der Waals surface area contributed by atoms with Crippen molar-refractivity contribution in [2.75, 3.05) is 11.9 Å². The van der Waals surface area contributed by atoms with Crippen molar-refractivity contribution in [1.29, 1.82) is 0 Å². The molecule has 0 aliphatic carbocycles. The maximum absolute atomic E-state index is 5.17. The van der Waals surface area contributed by atoms with Crippen LogP contribution in [0.2, 0.25) is 0 Å². The van der Waals surface area contributed by atoms with Crippen LogP contribution in [0.15, 0.2) is 24.3 Å². The number of nitrogens with one attached hydrogen (secondary N) is 3. The van der Waals surface area contributed by atoms with Gasteiger partial charge in [-0.05, 0) is 44.3 Å². The Balaban J connectivity index is 2.33. The molecule has 0 aliphatic heterocycles. The number of hydrogen-bond acceptors (Lipinski definition) is 1. The van der Waals surface area contributed by atoms with Crippen LogP contribution in [0.1, 0.15) is 12.6 Å². The van der Waals surface area contributed by atoms with Gasteiger partial charge in [0.25, 0.3) is 0 Å². The van der Waals surface area contributed by atoms with E-state index < -0.39 is 0 Å². The molecule has 16 heavy (non-hydrogen) atoms. The molecule has 0 bridgehead atoms. The molecule has 0 unspecified atom stereocenters. The standard InChI is InChI=1S/C12H15N3S/c1-3-13-12(16)15-11-6-4-5-10-9(11)7-8(2)14-10/h4-7,14H,3H2,1-2H3,(H2,13,15,16). The zero-order valence-electron chi connectivity index (χ0n) is 9.42. The molecule has 0 saturated heterocycles. The molecule has 0 radical (unpaired) electrons. The third-order valence-electron chi connectivity index (χ3n) is 2.38. The summed E-state index contributed by atoms with van der Waals surface area (Å²) in [6, 6.07) is 8.21. The van der Waals surface area contributed by atoms with Gasteiger partial charge >= 0.3 is 0 Å². The van der Waals surface area contributed by atoms with E-state index in [0.29, 0.717) is 5.11 Å². The van der Waals surface area contributed by atoms with Crippen molar-refractivity contribution in [2.45, 2.75) is 13.8 Å². The zero-order chi connectivity index (χ0) is 11.5. The fraction of sp³-hybridized carbons (Fsp3) is 0.250. The van der Waals surface area contributed by atoms with E-state index in [1.165, 1.54) is 5.39 Å². The fourth-order valence-corrected chi connectivity index (χ4v) is 1.99. The van der Waals surface area contributed by atoms with Crippen molar-refractivity contribution in [3.63, 3.8) is 0 Å². The summed E-state index contributed by atoms with van der Waals surface area (Å²) in [6.45, 7) is 4.90. The van der Waals surface area contributed by atoms with Gasteiger partial charge in [0.1, 0.15) is 0 Å². The summed E-state index contributed by atoms with van der Waals surface area (Å²) in [7, 11) is 0. The largest absolute Gasteiger partial charge is 0.363 e. The van der Waals surface area contributed by atoms with E-state index in [1.807, 2.05) is 26.0 Å². The van der Waals surface area contributed by atoms with Gasteiger partial charge in [0.2, 0.25) is 0 Å². The maximum atomic E-state index is 5.17. The number of aromatic nitrogens is 1. The smallest absolute Gasteiger partial charge is 0.170 e. The van der Waals surface area contributed by atoms with Crippen LogP contribution in [0, 0.1) is 6.92 Å².